The van der Waals surface area contributed by atoms with E-state index in [0.29, 0.717) is 17.1 Å². The third-order valence-corrected chi connectivity index (χ3v) is 3.03. The van der Waals surface area contributed by atoms with Crippen LogP contribution in [0.5, 0.6) is 11.5 Å². The first-order valence-electron chi connectivity index (χ1n) is 6.34. The van der Waals surface area contributed by atoms with Crippen molar-refractivity contribution in [2.75, 3.05) is 19.5 Å². The van der Waals surface area contributed by atoms with Crippen LogP contribution < -0.4 is 14.8 Å². The zero-order valence-corrected chi connectivity index (χ0v) is 12.1. The number of aryl methyl sites for hydroxylation is 1. The van der Waals surface area contributed by atoms with Gasteiger partial charge in [0.2, 0.25) is 0 Å². The second kappa shape index (κ2) is 6.26. The van der Waals surface area contributed by atoms with Crippen molar-refractivity contribution < 1.29 is 18.7 Å². The molecule has 0 aliphatic carbocycles. The summed E-state index contributed by atoms with van der Waals surface area (Å²) in [5, 5.41) is 2.53. The maximum Gasteiger partial charge on any atom is 0.259 e. The second-order valence-electron chi connectivity index (χ2n) is 4.50. The summed E-state index contributed by atoms with van der Waals surface area (Å²) in [4.78, 5) is 12.2. The van der Waals surface area contributed by atoms with Crippen LogP contribution in [0.3, 0.4) is 0 Å². The van der Waals surface area contributed by atoms with Crippen LogP contribution in [0.2, 0.25) is 0 Å². The van der Waals surface area contributed by atoms with Crippen molar-refractivity contribution in [2.45, 2.75) is 6.92 Å². The molecule has 0 aliphatic rings. The molecule has 0 saturated heterocycles. The van der Waals surface area contributed by atoms with Crippen molar-refractivity contribution >= 4 is 11.6 Å². The van der Waals surface area contributed by atoms with Gasteiger partial charge in [0.15, 0.2) is 0 Å². The molecule has 0 aromatic heterocycles. The Bertz CT molecular complexity index is 671. The van der Waals surface area contributed by atoms with E-state index in [0.717, 1.165) is 5.56 Å². The van der Waals surface area contributed by atoms with Gasteiger partial charge in [-0.15, -0.1) is 0 Å². The van der Waals surface area contributed by atoms with Crippen LogP contribution in [0.25, 0.3) is 0 Å². The molecule has 2 aromatic carbocycles. The van der Waals surface area contributed by atoms with Crippen molar-refractivity contribution in [1.82, 2.24) is 0 Å². The summed E-state index contributed by atoms with van der Waals surface area (Å²) in [7, 11) is 2.98. The van der Waals surface area contributed by atoms with Gasteiger partial charge in [-0.1, -0.05) is 6.07 Å². The number of carbonyl (C=O) groups is 1. The minimum Gasteiger partial charge on any atom is -0.497 e. The standard InChI is InChI=1S/C16H16FNO3/c1-10-4-7-14(13(17)8-10)18-16(19)12-6-5-11(20-2)9-15(12)21-3/h4-9H,1-3H3,(H,18,19). The first kappa shape index (κ1) is 14.8. The first-order valence-corrected chi connectivity index (χ1v) is 6.34. The molecule has 2 rings (SSSR count). The van der Waals surface area contributed by atoms with Gasteiger partial charge in [0.1, 0.15) is 17.3 Å². The number of amides is 1. The number of nitrogens with one attached hydrogen (secondary N) is 1. The van der Waals surface area contributed by atoms with E-state index < -0.39 is 11.7 Å². The lowest BCUT2D eigenvalue weighted by Crippen LogP contribution is -2.14. The number of rotatable bonds is 4. The Kier molecular flexibility index (Phi) is 4.42. The molecule has 4 nitrogen and oxygen atoms in total. The quantitative estimate of drug-likeness (QED) is 0.938. The van der Waals surface area contributed by atoms with Gasteiger partial charge >= 0.3 is 0 Å². The fourth-order valence-corrected chi connectivity index (χ4v) is 1.90. The molecule has 0 spiro atoms. The van der Waals surface area contributed by atoms with Crippen molar-refractivity contribution in [3.05, 3.63) is 53.3 Å². The fraction of sp³-hybridized carbons (Fsp3) is 0.188. The third kappa shape index (κ3) is 3.31. The molecular weight excluding hydrogens is 273 g/mol. The lowest BCUT2D eigenvalue weighted by Gasteiger charge is -2.11. The second-order valence-corrected chi connectivity index (χ2v) is 4.50. The van der Waals surface area contributed by atoms with Crippen molar-refractivity contribution in [3.63, 3.8) is 0 Å². The van der Waals surface area contributed by atoms with Crippen molar-refractivity contribution in [2.24, 2.45) is 0 Å². The summed E-state index contributed by atoms with van der Waals surface area (Å²) in [6.45, 7) is 1.78. The number of hydrogen-bond acceptors (Lipinski definition) is 3. The van der Waals surface area contributed by atoms with Crippen LogP contribution in [0.4, 0.5) is 10.1 Å². The number of benzene rings is 2. The molecule has 1 amide bonds. The summed E-state index contributed by atoms with van der Waals surface area (Å²) in [5.41, 5.74) is 1.22. The molecule has 0 saturated carbocycles. The highest BCUT2D eigenvalue weighted by molar-refractivity contribution is 6.06. The van der Waals surface area contributed by atoms with Gasteiger partial charge in [0.05, 0.1) is 25.5 Å². The highest BCUT2D eigenvalue weighted by atomic mass is 19.1. The Morgan fingerprint density at radius 2 is 1.86 bits per heavy atom. The van der Waals surface area contributed by atoms with Gasteiger partial charge in [-0.3, -0.25) is 4.79 Å². The fourth-order valence-electron chi connectivity index (χ4n) is 1.90. The van der Waals surface area contributed by atoms with Crippen LogP contribution in [-0.4, -0.2) is 20.1 Å². The maximum absolute atomic E-state index is 13.8. The lowest BCUT2D eigenvalue weighted by molar-refractivity contribution is 0.102. The summed E-state index contributed by atoms with van der Waals surface area (Å²) < 4.78 is 24.0. The van der Waals surface area contributed by atoms with E-state index in [2.05, 4.69) is 5.32 Å². The minimum atomic E-state index is -0.476. The molecule has 0 atom stereocenters. The number of hydrogen-bond donors (Lipinski definition) is 1. The summed E-state index contributed by atoms with van der Waals surface area (Å²) >= 11 is 0. The largest absolute Gasteiger partial charge is 0.497 e. The van der Waals surface area contributed by atoms with E-state index >= 15 is 0 Å². The van der Waals surface area contributed by atoms with Gasteiger partial charge in [0, 0.05) is 6.07 Å². The van der Waals surface area contributed by atoms with E-state index in [4.69, 9.17) is 9.47 Å². The van der Waals surface area contributed by atoms with Crippen molar-refractivity contribution in [1.29, 1.82) is 0 Å². The van der Waals surface area contributed by atoms with E-state index in [1.807, 2.05) is 0 Å². The number of anilines is 1. The number of halogens is 1. The predicted molar refractivity (Wildman–Crippen MR) is 78.6 cm³/mol. The normalized spacial score (nSPS) is 10.1. The van der Waals surface area contributed by atoms with Gasteiger partial charge in [-0.25, -0.2) is 4.39 Å². The number of ether oxygens (including phenoxy) is 2. The average molecular weight is 289 g/mol. The zero-order valence-electron chi connectivity index (χ0n) is 12.1. The molecule has 0 aliphatic heterocycles. The summed E-state index contributed by atoms with van der Waals surface area (Å²) in [6, 6.07) is 9.42. The average Bonchev–Trinajstić information content (AvgIpc) is 2.49. The summed E-state index contributed by atoms with van der Waals surface area (Å²) in [5.74, 6) is 0.0115. The molecule has 0 heterocycles. The minimum absolute atomic E-state index is 0.128. The SMILES string of the molecule is COc1ccc(C(=O)Nc2ccc(C)cc2F)c(OC)c1. The van der Waals surface area contributed by atoms with E-state index in [1.54, 1.807) is 31.2 Å². The Labute approximate surface area is 122 Å². The Morgan fingerprint density at radius 3 is 2.48 bits per heavy atom. The van der Waals surface area contributed by atoms with Gasteiger partial charge in [-0.05, 0) is 36.8 Å². The van der Waals surface area contributed by atoms with Gasteiger partial charge < -0.3 is 14.8 Å². The third-order valence-electron chi connectivity index (χ3n) is 3.03. The lowest BCUT2D eigenvalue weighted by atomic mass is 10.1. The predicted octanol–water partition coefficient (Wildman–Crippen LogP) is 3.40. The van der Waals surface area contributed by atoms with Crippen LogP contribution in [0, 0.1) is 12.7 Å². The molecule has 0 bridgehead atoms. The Balaban J connectivity index is 2.28. The van der Waals surface area contributed by atoms with E-state index in [9.17, 15) is 9.18 Å². The van der Waals surface area contributed by atoms with E-state index in [1.165, 1.54) is 26.4 Å². The smallest absolute Gasteiger partial charge is 0.259 e. The van der Waals surface area contributed by atoms with Crippen LogP contribution in [0.15, 0.2) is 36.4 Å². The Morgan fingerprint density at radius 1 is 1.10 bits per heavy atom. The topological polar surface area (TPSA) is 47.6 Å². The summed E-state index contributed by atoms with van der Waals surface area (Å²) in [6.07, 6.45) is 0. The maximum atomic E-state index is 13.8. The van der Waals surface area contributed by atoms with E-state index in [-0.39, 0.29) is 5.69 Å². The highest BCUT2D eigenvalue weighted by Gasteiger charge is 2.15. The molecule has 1 N–H and O–H groups in total. The molecule has 21 heavy (non-hydrogen) atoms. The highest BCUT2D eigenvalue weighted by Crippen LogP contribution is 2.26. The van der Waals surface area contributed by atoms with Crippen LogP contribution in [-0.2, 0) is 0 Å². The van der Waals surface area contributed by atoms with Gasteiger partial charge in [-0.2, -0.15) is 0 Å². The molecule has 0 fully saturated rings. The number of methoxy groups -OCH3 is 2. The number of carbonyl (C=O) groups excluding carboxylic acids is 1. The van der Waals surface area contributed by atoms with Crippen molar-refractivity contribution in [3.8, 4) is 11.5 Å². The Hall–Kier alpha value is -2.56. The van der Waals surface area contributed by atoms with Crippen LogP contribution in [0.1, 0.15) is 15.9 Å². The zero-order chi connectivity index (χ0) is 15.4. The monoisotopic (exact) mass is 289 g/mol. The molecule has 2 aromatic rings. The molecule has 110 valence electrons. The molecule has 0 radical (unpaired) electrons. The molecular formula is C16H16FNO3. The van der Waals surface area contributed by atoms with Crippen LogP contribution >= 0.6 is 0 Å². The molecule has 5 heteroatoms. The molecule has 0 unspecified atom stereocenters. The van der Waals surface area contributed by atoms with Gasteiger partial charge in [0.25, 0.3) is 5.91 Å². The first-order chi connectivity index (χ1) is 10.0.